The molecule has 1 N–H and O–H groups in total. The van der Waals surface area contributed by atoms with Crippen LogP contribution in [0.25, 0.3) is 0 Å². The molecule has 1 heterocycles. The van der Waals surface area contributed by atoms with Crippen LogP contribution in [0.5, 0.6) is 5.75 Å². The Balaban J connectivity index is 2.63. The number of hydrogen-bond donors (Lipinski definition) is 1. The lowest BCUT2D eigenvalue weighted by Crippen LogP contribution is -2.40. The molecule has 0 bridgehead atoms. The van der Waals surface area contributed by atoms with Crippen LogP contribution in [0.15, 0.2) is 17.0 Å². The Hall–Kier alpha value is -1.60. The normalized spacial score (nSPS) is 19.0. The molecule has 1 aliphatic rings. The molecule has 2 rings (SSSR count). The van der Waals surface area contributed by atoms with E-state index >= 15 is 0 Å². The second kappa shape index (κ2) is 6.88. The number of hydrogen-bond acceptors (Lipinski definition) is 6. The molecule has 0 aliphatic carbocycles. The van der Waals surface area contributed by atoms with E-state index in [1.165, 1.54) is 6.07 Å². The fourth-order valence-electron chi connectivity index (χ4n) is 2.73. The Morgan fingerprint density at radius 2 is 2.04 bits per heavy atom. The van der Waals surface area contributed by atoms with Crippen LogP contribution in [0.4, 0.5) is 5.69 Å². The van der Waals surface area contributed by atoms with Crippen molar-refractivity contribution in [3.8, 4) is 5.75 Å². The molecular weight excluding hydrogens is 318 g/mol. The molecule has 1 aromatic carbocycles. The second-order valence-electron chi connectivity index (χ2n) is 6.08. The number of ether oxygens (including phenoxy) is 1. The number of piperidine rings is 1. The van der Waals surface area contributed by atoms with Gasteiger partial charge in [-0.25, -0.2) is 8.42 Å². The van der Waals surface area contributed by atoms with Gasteiger partial charge in [-0.2, -0.15) is 0 Å². The van der Waals surface area contributed by atoms with Crippen LogP contribution in [-0.4, -0.2) is 44.9 Å². The zero-order valence-electron chi connectivity index (χ0n) is 13.7. The lowest BCUT2D eigenvalue weighted by atomic mass is 10.1. The van der Waals surface area contributed by atoms with E-state index in [0.717, 1.165) is 19.1 Å². The first kappa shape index (κ1) is 17.7. The summed E-state index contributed by atoms with van der Waals surface area (Å²) in [5.74, 6) is 0.329. The van der Waals surface area contributed by atoms with Gasteiger partial charge >= 0.3 is 0 Å². The van der Waals surface area contributed by atoms with Gasteiger partial charge < -0.3 is 14.7 Å². The van der Waals surface area contributed by atoms with Crippen LogP contribution < -0.4 is 9.64 Å². The number of sulfone groups is 1. The molecule has 128 valence electrons. The Morgan fingerprint density at radius 3 is 2.57 bits per heavy atom. The van der Waals surface area contributed by atoms with Gasteiger partial charge in [0.2, 0.25) is 0 Å². The first-order valence-electron chi connectivity index (χ1n) is 7.68. The van der Waals surface area contributed by atoms with Crippen molar-refractivity contribution in [1.29, 1.82) is 0 Å². The summed E-state index contributed by atoms with van der Waals surface area (Å²) in [7, 11) is -3.55. The van der Waals surface area contributed by atoms with Crippen LogP contribution in [0.2, 0.25) is 0 Å². The molecule has 1 unspecified atom stereocenters. The SMILES string of the molecule is CC(C)Oc1cc(N2CCCCC2O)c(S(C)(=O)=O)cc1C=O. The highest BCUT2D eigenvalue weighted by molar-refractivity contribution is 7.90. The summed E-state index contributed by atoms with van der Waals surface area (Å²) >= 11 is 0. The molecular formula is C16H23NO5S. The molecule has 6 nitrogen and oxygen atoms in total. The highest BCUT2D eigenvalue weighted by atomic mass is 32.2. The molecule has 1 aromatic rings. The van der Waals surface area contributed by atoms with E-state index in [1.807, 2.05) is 13.8 Å². The predicted molar refractivity (Wildman–Crippen MR) is 87.9 cm³/mol. The Kier molecular flexibility index (Phi) is 5.31. The third-order valence-corrected chi connectivity index (χ3v) is 4.89. The average molecular weight is 341 g/mol. The number of rotatable bonds is 5. The number of anilines is 1. The fraction of sp³-hybridized carbons (Fsp3) is 0.562. The number of aliphatic hydroxyl groups is 1. The summed E-state index contributed by atoms with van der Waals surface area (Å²) in [4.78, 5) is 13.0. The maximum Gasteiger partial charge on any atom is 0.177 e. The summed E-state index contributed by atoms with van der Waals surface area (Å²) in [6, 6.07) is 2.88. The average Bonchev–Trinajstić information content (AvgIpc) is 2.45. The number of benzene rings is 1. The standard InChI is InChI=1S/C16H23NO5S/c1-11(2)22-14-9-13(17-7-5-4-6-16(17)19)15(23(3,20)21)8-12(14)10-18/h8-11,16,19H,4-7H2,1-3H3. The van der Waals surface area contributed by atoms with Crippen molar-refractivity contribution in [2.75, 3.05) is 17.7 Å². The van der Waals surface area contributed by atoms with Gasteiger partial charge in [-0.05, 0) is 39.2 Å². The third-order valence-electron chi connectivity index (χ3n) is 3.76. The molecule has 23 heavy (non-hydrogen) atoms. The second-order valence-corrected chi connectivity index (χ2v) is 8.07. The number of aldehydes is 1. The Labute approximate surface area is 137 Å². The van der Waals surface area contributed by atoms with E-state index in [-0.39, 0.29) is 16.6 Å². The molecule has 7 heteroatoms. The molecule has 1 saturated heterocycles. The molecule has 1 fully saturated rings. The Bertz CT molecular complexity index is 684. The minimum Gasteiger partial charge on any atom is -0.490 e. The number of carbonyl (C=O) groups is 1. The monoisotopic (exact) mass is 341 g/mol. The van der Waals surface area contributed by atoms with E-state index in [1.54, 1.807) is 11.0 Å². The van der Waals surface area contributed by atoms with Crippen molar-refractivity contribution in [2.45, 2.75) is 50.3 Å². The zero-order chi connectivity index (χ0) is 17.2. The predicted octanol–water partition coefficient (Wildman–Crippen LogP) is 2.00. The number of nitrogens with zero attached hydrogens (tertiary/aromatic N) is 1. The van der Waals surface area contributed by atoms with Crippen LogP contribution in [-0.2, 0) is 9.84 Å². The fourth-order valence-corrected chi connectivity index (χ4v) is 3.63. The number of aliphatic hydroxyl groups excluding tert-OH is 1. The number of carbonyl (C=O) groups excluding carboxylic acids is 1. The third kappa shape index (κ3) is 4.03. The van der Waals surface area contributed by atoms with Crippen molar-refractivity contribution < 1.29 is 23.1 Å². The summed E-state index contributed by atoms with van der Waals surface area (Å²) in [5.41, 5.74) is 0.579. The summed E-state index contributed by atoms with van der Waals surface area (Å²) < 4.78 is 29.9. The lowest BCUT2D eigenvalue weighted by molar-refractivity contribution is 0.111. The lowest BCUT2D eigenvalue weighted by Gasteiger charge is -2.35. The molecule has 0 amide bonds. The summed E-state index contributed by atoms with van der Waals surface area (Å²) in [6.07, 6.45) is 3.14. The maximum atomic E-state index is 12.1. The van der Waals surface area contributed by atoms with Gasteiger partial charge in [-0.1, -0.05) is 0 Å². The first-order chi connectivity index (χ1) is 10.7. The highest BCUT2D eigenvalue weighted by Crippen LogP contribution is 2.35. The molecule has 1 atom stereocenters. The van der Waals surface area contributed by atoms with Crippen LogP contribution in [0.3, 0.4) is 0 Å². The van der Waals surface area contributed by atoms with Crippen molar-refractivity contribution in [2.24, 2.45) is 0 Å². The van der Waals surface area contributed by atoms with Gasteiger partial charge in [0, 0.05) is 18.9 Å². The van der Waals surface area contributed by atoms with E-state index in [2.05, 4.69) is 0 Å². The van der Waals surface area contributed by atoms with E-state index in [4.69, 9.17) is 4.74 Å². The maximum absolute atomic E-state index is 12.1. The minimum atomic E-state index is -3.55. The molecule has 1 aliphatic heterocycles. The van der Waals surface area contributed by atoms with Gasteiger partial charge in [0.05, 0.1) is 22.3 Å². The summed E-state index contributed by atoms with van der Waals surface area (Å²) in [5, 5.41) is 10.2. The quantitative estimate of drug-likeness (QED) is 0.825. The zero-order valence-corrected chi connectivity index (χ0v) is 14.5. The smallest absolute Gasteiger partial charge is 0.177 e. The minimum absolute atomic E-state index is 0.0386. The van der Waals surface area contributed by atoms with Crippen LogP contribution >= 0.6 is 0 Å². The van der Waals surface area contributed by atoms with Crippen molar-refractivity contribution in [3.05, 3.63) is 17.7 Å². The van der Waals surface area contributed by atoms with Crippen molar-refractivity contribution in [1.82, 2.24) is 0 Å². The summed E-state index contributed by atoms with van der Waals surface area (Å²) in [6.45, 7) is 4.22. The van der Waals surface area contributed by atoms with Crippen molar-refractivity contribution in [3.63, 3.8) is 0 Å². The molecule has 0 spiro atoms. The van der Waals surface area contributed by atoms with Gasteiger partial charge in [-0.3, -0.25) is 4.79 Å². The topological polar surface area (TPSA) is 83.9 Å². The molecule has 0 aromatic heterocycles. The van der Waals surface area contributed by atoms with Gasteiger partial charge in [0.15, 0.2) is 16.1 Å². The molecule has 0 radical (unpaired) electrons. The van der Waals surface area contributed by atoms with E-state index in [0.29, 0.717) is 30.7 Å². The highest BCUT2D eigenvalue weighted by Gasteiger charge is 2.27. The first-order valence-corrected chi connectivity index (χ1v) is 9.58. The van der Waals surface area contributed by atoms with Gasteiger partial charge in [0.25, 0.3) is 0 Å². The largest absolute Gasteiger partial charge is 0.490 e. The van der Waals surface area contributed by atoms with Gasteiger partial charge in [0.1, 0.15) is 12.0 Å². The van der Waals surface area contributed by atoms with E-state index in [9.17, 15) is 18.3 Å². The molecule has 0 saturated carbocycles. The van der Waals surface area contributed by atoms with Crippen molar-refractivity contribution >= 4 is 21.8 Å². The van der Waals surface area contributed by atoms with Crippen LogP contribution in [0, 0.1) is 0 Å². The Morgan fingerprint density at radius 1 is 1.35 bits per heavy atom. The van der Waals surface area contributed by atoms with E-state index < -0.39 is 16.1 Å². The van der Waals surface area contributed by atoms with Gasteiger partial charge in [-0.15, -0.1) is 0 Å². The van der Waals surface area contributed by atoms with Crippen LogP contribution in [0.1, 0.15) is 43.5 Å².